The number of nitrogens with zero attached hydrogens (tertiary/aromatic N) is 1. The number of methoxy groups -OCH3 is 1. The summed E-state index contributed by atoms with van der Waals surface area (Å²) in [4.78, 5) is 16.7. The summed E-state index contributed by atoms with van der Waals surface area (Å²) in [7, 11) is 1.61. The van der Waals surface area contributed by atoms with E-state index in [1.54, 1.807) is 7.11 Å². The van der Waals surface area contributed by atoms with Gasteiger partial charge < -0.3 is 14.5 Å². The van der Waals surface area contributed by atoms with Crippen LogP contribution in [-0.4, -0.2) is 18.1 Å². The number of aromatic nitrogens is 1. The molecule has 2 aromatic carbocycles. The molecule has 4 aromatic rings. The zero-order chi connectivity index (χ0) is 19.7. The predicted molar refractivity (Wildman–Crippen MR) is 112 cm³/mol. The molecule has 0 spiro atoms. The number of carbonyl (C=O) groups excluding carboxylic acids is 1. The van der Waals surface area contributed by atoms with E-state index in [0.717, 1.165) is 16.6 Å². The van der Waals surface area contributed by atoms with Crippen LogP contribution in [0.3, 0.4) is 0 Å². The van der Waals surface area contributed by atoms with Crippen LogP contribution in [0, 0.1) is 13.8 Å². The quantitative estimate of drug-likeness (QED) is 0.458. The minimum Gasteiger partial charge on any atom is -0.493 e. The Balaban J connectivity index is 1.50. The van der Waals surface area contributed by atoms with E-state index < -0.39 is 0 Å². The number of benzene rings is 2. The summed E-state index contributed by atoms with van der Waals surface area (Å²) >= 11 is 1.33. The van der Waals surface area contributed by atoms with Crippen molar-refractivity contribution in [2.24, 2.45) is 0 Å². The maximum absolute atomic E-state index is 12.3. The van der Waals surface area contributed by atoms with Gasteiger partial charge in [0.2, 0.25) is 0 Å². The van der Waals surface area contributed by atoms with Crippen molar-refractivity contribution >= 4 is 39.2 Å². The molecular formula is C21H19N3O3S. The zero-order valence-corrected chi connectivity index (χ0v) is 16.5. The normalized spacial score (nSPS) is 10.8. The molecular weight excluding hydrogens is 374 g/mol. The number of aryl methyl sites for hydroxylation is 2. The van der Waals surface area contributed by atoms with E-state index in [1.165, 1.54) is 16.9 Å². The van der Waals surface area contributed by atoms with E-state index in [4.69, 9.17) is 9.15 Å². The van der Waals surface area contributed by atoms with Gasteiger partial charge in [0, 0.05) is 16.5 Å². The van der Waals surface area contributed by atoms with Gasteiger partial charge in [0.15, 0.2) is 22.2 Å². The van der Waals surface area contributed by atoms with E-state index in [0.29, 0.717) is 27.9 Å². The molecule has 28 heavy (non-hydrogen) atoms. The number of urea groups is 1. The number of para-hydroxylation sites is 1. The van der Waals surface area contributed by atoms with E-state index >= 15 is 0 Å². The topological polar surface area (TPSA) is 76.4 Å². The van der Waals surface area contributed by atoms with Crippen LogP contribution in [0.15, 0.2) is 52.3 Å². The number of furan rings is 1. The first-order valence-corrected chi connectivity index (χ1v) is 9.59. The van der Waals surface area contributed by atoms with Crippen LogP contribution in [0.4, 0.5) is 15.6 Å². The highest BCUT2D eigenvalue weighted by atomic mass is 32.1. The summed E-state index contributed by atoms with van der Waals surface area (Å²) in [6.45, 7) is 4.04. The fourth-order valence-corrected chi connectivity index (χ4v) is 3.54. The molecule has 0 aliphatic carbocycles. The molecule has 0 fully saturated rings. The van der Waals surface area contributed by atoms with Crippen molar-refractivity contribution in [2.75, 3.05) is 17.7 Å². The van der Waals surface area contributed by atoms with Crippen molar-refractivity contribution in [1.82, 2.24) is 4.98 Å². The summed E-state index contributed by atoms with van der Waals surface area (Å²) < 4.78 is 11.2. The molecule has 0 saturated carbocycles. The van der Waals surface area contributed by atoms with Crippen molar-refractivity contribution in [3.8, 4) is 17.2 Å². The molecule has 2 N–H and O–H groups in total. The summed E-state index contributed by atoms with van der Waals surface area (Å²) in [5.41, 5.74) is 4.37. The molecule has 142 valence electrons. The Morgan fingerprint density at radius 2 is 1.96 bits per heavy atom. The Morgan fingerprint density at radius 1 is 1.11 bits per heavy atom. The van der Waals surface area contributed by atoms with Crippen molar-refractivity contribution in [3.05, 3.63) is 59.0 Å². The molecule has 0 atom stereocenters. The van der Waals surface area contributed by atoms with Crippen molar-refractivity contribution in [2.45, 2.75) is 13.8 Å². The summed E-state index contributed by atoms with van der Waals surface area (Å²) in [6, 6.07) is 13.1. The number of carbonyl (C=O) groups is 1. The Hall–Kier alpha value is -3.32. The van der Waals surface area contributed by atoms with Crippen LogP contribution >= 0.6 is 11.3 Å². The van der Waals surface area contributed by atoms with Crippen LogP contribution in [0.1, 0.15) is 11.1 Å². The number of amides is 2. The SMILES string of the molecule is COc1cccc2cc(-c3csc(NC(=O)Nc4ccc(C)c(C)c4)n3)oc12. The molecule has 0 saturated heterocycles. The van der Waals surface area contributed by atoms with E-state index in [-0.39, 0.29) is 6.03 Å². The Bertz CT molecular complexity index is 1160. The van der Waals surface area contributed by atoms with Crippen LogP contribution in [-0.2, 0) is 0 Å². The second kappa shape index (κ2) is 7.36. The fourth-order valence-electron chi connectivity index (χ4n) is 2.85. The minimum atomic E-state index is -0.338. The molecule has 2 aromatic heterocycles. The number of nitrogens with one attached hydrogen (secondary N) is 2. The Morgan fingerprint density at radius 3 is 2.75 bits per heavy atom. The van der Waals surface area contributed by atoms with Gasteiger partial charge in [0.05, 0.1) is 7.11 Å². The molecule has 0 radical (unpaired) electrons. The lowest BCUT2D eigenvalue weighted by Crippen LogP contribution is -2.19. The van der Waals surface area contributed by atoms with Crippen molar-refractivity contribution < 1.29 is 13.9 Å². The van der Waals surface area contributed by atoms with Gasteiger partial charge in [-0.05, 0) is 49.2 Å². The number of ether oxygens (including phenoxy) is 1. The number of rotatable bonds is 4. The van der Waals surface area contributed by atoms with Gasteiger partial charge in [-0.15, -0.1) is 11.3 Å². The van der Waals surface area contributed by atoms with Gasteiger partial charge in [-0.1, -0.05) is 18.2 Å². The lowest BCUT2D eigenvalue weighted by molar-refractivity contribution is 0.262. The monoisotopic (exact) mass is 393 g/mol. The van der Waals surface area contributed by atoms with Gasteiger partial charge in [0.1, 0.15) is 5.69 Å². The van der Waals surface area contributed by atoms with Crippen LogP contribution in [0.5, 0.6) is 5.75 Å². The molecule has 0 aliphatic rings. The highest BCUT2D eigenvalue weighted by molar-refractivity contribution is 7.14. The third kappa shape index (κ3) is 3.57. The molecule has 2 amide bonds. The van der Waals surface area contributed by atoms with Crippen LogP contribution < -0.4 is 15.4 Å². The second-order valence-electron chi connectivity index (χ2n) is 6.41. The first kappa shape index (κ1) is 18.1. The van der Waals surface area contributed by atoms with E-state index in [2.05, 4.69) is 15.6 Å². The second-order valence-corrected chi connectivity index (χ2v) is 7.26. The van der Waals surface area contributed by atoms with Gasteiger partial charge in [-0.3, -0.25) is 5.32 Å². The standard InChI is InChI=1S/C21H19N3O3S/c1-12-7-8-15(9-13(12)2)22-20(25)24-21-23-16(11-28-21)18-10-14-5-4-6-17(26-3)19(14)27-18/h4-11H,1-3H3,(H2,22,23,24,25). The molecule has 0 unspecified atom stereocenters. The van der Waals surface area contributed by atoms with Gasteiger partial charge in [-0.2, -0.15) is 0 Å². The average Bonchev–Trinajstić information content (AvgIpc) is 3.31. The van der Waals surface area contributed by atoms with Crippen molar-refractivity contribution in [3.63, 3.8) is 0 Å². The third-order valence-corrected chi connectivity index (χ3v) is 5.23. The molecule has 0 bridgehead atoms. The molecule has 6 nitrogen and oxygen atoms in total. The summed E-state index contributed by atoms with van der Waals surface area (Å²) in [5, 5.41) is 8.85. The van der Waals surface area contributed by atoms with Gasteiger partial charge in [-0.25, -0.2) is 9.78 Å². The van der Waals surface area contributed by atoms with Crippen LogP contribution in [0.25, 0.3) is 22.4 Å². The lowest BCUT2D eigenvalue weighted by Gasteiger charge is -2.07. The fraction of sp³-hybridized carbons (Fsp3) is 0.143. The van der Waals surface area contributed by atoms with Crippen molar-refractivity contribution in [1.29, 1.82) is 0 Å². The van der Waals surface area contributed by atoms with E-state index in [1.807, 2.05) is 61.7 Å². The third-order valence-electron chi connectivity index (χ3n) is 4.47. The number of fused-ring (bicyclic) bond motifs is 1. The highest BCUT2D eigenvalue weighted by Crippen LogP contribution is 2.34. The average molecular weight is 393 g/mol. The van der Waals surface area contributed by atoms with E-state index in [9.17, 15) is 4.79 Å². The number of hydrogen-bond donors (Lipinski definition) is 2. The largest absolute Gasteiger partial charge is 0.493 e. The maximum Gasteiger partial charge on any atom is 0.325 e. The highest BCUT2D eigenvalue weighted by Gasteiger charge is 2.14. The predicted octanol–water partition coefficient (Wildman–Crippen LogP) is 5.83. The van der Waals surface area contributed by atoms with Gasteiger partial charge >= 0.3 is 6.03 Å². The first-order valence-electron chi connectivity index (χ1n) is 8.71. The molecule has 7 heteroatoms. The Kier molecular flexibility index (Phi) is 4.75. The molecule has 4 rings (SSSR count). The first-order chi connectivity index (χ1) is 13.5. The lowest BCUT2D eigenvalue weighted by atomic mass is 10.1. The molecule has 2 heterocycles. The zero-order valence-electron chi connectivity index (χ0n) is 15.7. The van der Waals surface area contributed by atoms with Crippen LogP contribution in [0.2, 0.25) is 0 Å². The number of thiazole rings is 1. The minimum absolute atomic E-state index is 0.338. The maximum atomic E-state index is 12.3. The number of anilines is 2. The Labute approximate surface area is 166 Å². The van der Waals surface area contributed by atoms with Gasteiger partial charge in [0.25, 0.3) is 0 Å². The molecule has 0 aliphatic heterocycles. The smallest absolute Gasteiger partial charge is 0.325 e. The summed E-state index contributed by atoms with van der Waals surface area (Å²) in [5.74, 6) is 1.29. The number of hydrogen-bond acceptors (Lipinski definition) is 5. The summed E-state index contributed by atoms with van der Waals surface area (Å²) in [6.07, 6.45) is 0.